The molecule has 1 unspecified atom stereocenters. The first-order chi connectivity index (χ1) is 7.74. The van der Waals surface area contributed by atoms with Gasteiger partial charge in [0.15, 0.2) is 5.82 Å². The monoisotopic (exact) mass is 224 g/mol. The fourth-order valence-corrected chi connectivity index (χ4v) is 1.68. The second kappa shape index (κ2) is 7.39. The minimum absolute atomic E-state index is 0.0641. The molecule has 16 heavy (non-hydrogen) atoms. The van der Waals surface area contributed by atoms with Crippen molar-refractivity contribution in [1.82, 2.24) is 14.8 Å². The van der Waals surface area contributed by atoms with E-state index in [4.69, 9.17) is 5.73 Å². The van der Waals surface area contributed by atoms with Crippen LogP contribution < -0.4 is 5.73 Å². The molecule has 1 aromatic rings. The molecule has 0 radical (unpaired) electrons. The molecule has 0 bridgehead atoms. The van der Waals surface area contributed by atoms with Gasteiger partial charge in [0.05, 0.1) is 6.04 Å². The van der Waals surface area contributed by atoms with Gasteiger partial charge in [-0.2, -0.15) is 5.10 Å². The highest BCUT2D eigenvalue weighted by molar-refractivity contribution is 4.87. The van der Waals surface area contributed by atoms with Gasteiger partial charge in [-0.1, -0.05) is 39.0 Å². The minimum atomic E-state index is -0.0641. The number of hydrogen-bond donors (Lipinski definition) is 1. The van der Waals surface area contributed by atoms with Gasteiger partial charge >= 0.3 is 0 Å². The van der Waals surface area contributed by atoms with Crippen molar-refractivity contribution in [2.45, 2.75) is 65.0 Å². The third kappa shape index (κ3) is 4.75. The molecule has 0 aromatic carbocycles. The normalized spacial score (nSPS) is 12.9. The lowest BCUT2D eigenvalue weighted by Gasteiger charge is -2.01. The average molecular weight is 224 g/mol. The topological polar surface area (TPSA) is 56.7 Å². The van der Waals surface area contributed by atoms with Crippen LogP contribution in [-0.2, 0) is 6.54 Å². The molecule has 2 N–H and O–H groups in total. The summed E-state index contributed by atoms with van der Waals surface area (Å²) in [6.45, 7) is 5.11. The van der Waals surface area contributed by atoms with E-state index in [2.05, 4.69) is 17.0 Å². The Morgan fingerprint density at radius 2 is 1.94 bits per heavy atom. The molecule has 1 atom stereocenters. The molecule has 0 saturated carbocycles. The molecule has 1 rings (SSSR count). The molecular weight excluding hydrogens is 200 g/mol. The van der Waals surface area contributed by atoms with Gasteiger partial charge in [0.25, 0.3) is 0 Å². The lowest BCUT2D eigenvalue weighted by atomic mass is 10.1. The van der Waals surface area contributed by atoms with Gasteiger partial charge < -0.3 is 5.73 Å². The predicted molar refractivity (Wildman–Crippen MR) is 66.0 cm³/mol. The first-order valence-corrected chi connectivity index (χ1v) is 6.39. The van der Waals surface area contributed by atoms with Crippen LogP contribution in [0.25, 0.3) is 0 Å². The van der Waals surface area contributed by atoms with Gasteiger partial charge in [-0.05, 0) is 13.3 Å². The highest BCUT2D eigenvalue weighted by Gasteiger charge is 2.04. The van der Waals surface area contributed by atoms with Crippen molar-refractivity contribution in [3.05, 3.63) is 12.2 Å². The summed E-state index contributed by atoms with van der Waals surface area (Å²) in [7, 11) is 0. The summed E-state index contributed by atoms with van der Waals surface area (Å²) in [5.74, 6) is 0.742. The van der Waals surface area contributed by atoms with Crippen molar-refractivity contribution >= 4 is 0 Å². The summed E-state index contributed by atoms with van der Waals surface area (Å²) in [6.07, 6.45) is 9.62. The Labute approximate surface area is 98.2 Å². The van der Waals surface area contributed by atoms with Crippen molar-refractivity contribution in [3.8, 4) is 0 Å². The van der Waals surface area contributed by atoms with Crippen molar-refractivity contribution in [2.75, 3.05) is 0 Å². The first-order valence-electron chi connectivity index (χ1n) is 6.39. The summed E-state index contributed by atoms with van der Waals surface area (Å²) in [5.41, 5.74) is 5.70. The molecule has 0 saturated heterocycles. The maximum atomic E-state index is 5.70. The fraction of sp³-hybridized carbons (Fsp3) is 0.833. The van der Waals surface area contributed by atoms with Crippen LogP contribution in [-0.4, -0.2) is 14.8 Å². The van der Waals surface area contributed by atoms with Crippen molar-refractivity contribution in [3.63, 3.8) is 0 Å². The van der Waals surface area contributed by atoms with E-state index >= 15 is 0 Å². The zero-order valence-corrected chi connectivity index (χ0v) is 10.5. The highest BCUT2D eigenvalue weighted by atomic mass is 15.3. The second-order valence-electron chi connectivity index (χ2n) is 4.42. The van der Waals surface area contributed by atoms with E-state index in [1.807, 2.05) is 11.6 Å². The lowest BCUT2D eigenvalue weighted by Crippen LogP contribution is -2.08. The number of hydrogen-bond acceptors (Lipinski definition) is 3. The third-order valence-electron chi connectivity index (χ3n) is 2.70. The van der Waals surface area contributed by atoms with E-state index < -0.39 is 0 Å². The first kappa shape index (κ1) is 13.2. The zero-order valence-electron chi connectivity index (χ0n) is 10.5. The van der Waals surface area contributed by atoms with Crippen LogP contribution in [0.2, 0.25) is 0 Å². The SMILES string of the molecule is CCCCCCCCn1cnc(C(C)N)n1. The van der Waals surface area contributed by atoms with Crippen LogP contribution in [0.5, 0.6) is 0 Å². The number of nitrogens with zero attached hydrogens (tertiary/aromatic N) is 3. The number of aryl methyl sites for hydroxylation is 1. The Morgan fingerprint density at radius 3 is 2.56 bits per heavy atom. The van der Waals surface area contributed by atoms with E-state index in [0.717, 1.165) is 12.4 Å². The van der Waals surface area contributed by atoms with E-state index in [9.17, 15) is 0 Å². The Hall–Kier alpha value is -0.900. The van der Waals surface area contributed by atoms with E-state index in [0.29, 0.717) is 0 Å². The number of nitrogens with two attached hydrogens (primary N) is 1. The Kier molecular flexibility index (Phi) is 6.08. The maximum Gasteiger partial charge on any atom is 0.166 e. The summed E-state index contributed by atoms with van der Waals surface area (Å²) >= 11 is 0. The molecule has 0 fully saturated rings. The summed E-state index contributed by atoms with van der Waals surface area (Å²) in [6, 6.07) is -0.0641. The quantitative estimate of drug-likeness (QED) is 0.691. The smallest absolute Gasteiger partial charge is 0.166 e. The lowest BCUT2D eigenvalue weighted by molar-refractivity contribution is 0.521. The van der Waals surface area contributed by atoms with E-state index in [-0.39, 0.29) is 6.04 Å². The number of unbranched alkanes of at least 4 members (excludes halogenated alkanes) is 5. The average Bonchev–Trinajstić information content (AvgIpc) is 2.72. The Bertz CT molecular complexity index is 280. The molecule has 0 aliphatic heterocycles. The van der Waals surface area contributed by atoms with Crippen LogP contribution in [0.3, 0.4) is 0 Å². The Morgan fingerprint density at radius 1 is 1.25 bits per heavy atom. The second-order valence-corrected chi connectivity index (χ2v) is 4.42. The summed E-state index contributed by atoms with van der Waals surface area (Å²) in [5, 5.41) is 4.32. The molecular formula is C12H24N4. The minimum Gasteiger partial charge on any atom is -0.321 e. The molecule has 0 aliphatic rings. The van der Waals surface area contributed by atoms with Gasteiger partial charge in [-0.3, -0.25) is 4.68 Å². The fourth-order valence-electron chi connectivity index (χ4n) is 1.68. The van der Waals surface area contributed by atoms with Crippen LogP contribution in [0, 0.1) is 0 Å². The molecule has 4 heteroatoms. The summed E-state index contributed by atoms with van der Waals surface area (Å²) in [4.78, 5) is 4.17. The molecule has 4 nitrogen and oxygen atoms in total. The molecule has 0 spiro atoms. The third-order valence-corrected chi connectivity index (χ3v) is 2.70. The molecule has 92 valence electrons. The number of aromatic nitrogens is 3. The number of rotatable bonds is 8. The van der Waals surface area contributed by atoms with Gasteiger partial charge in [-0.25, -0.2) is 4.98 Å². The molecule has 1 heterocycles. The molecule has 0 amide bonds. The predicted octanol–water partition coefficient (Wildman–Crippen LogP) is 2.66. The van der Waals surface area contributed by atoms with Crippen LogP contribution in [0.15, 0.2) is 6.33 Å². The maximum absolute atomic E-state index is 5.70. The van der Waals surface area contributed by atoms with E-state index in [1.54, 1.807) is 6.33 Å². The highest BCUT2D eigenvalue weighted by Crippen LogP contribution is 2.06. The van der Waals surface area contributed by atoms with Gasteiger partial charge in [0.2, 0.25) is 0 Å². The van der Waals surface area contributed by atoms with E-state index in [1.165, 1.54) is 38.5 Å². The largest absolute Gasteiger partial charge is 0.321 e. The van der Waals surface area contributed by atoms with Crippen LogP contribution in [0.1, 0.15) is 64.2 Å². The van der Waals surface area contributed by atoms with Gasteiger partial charge in [0.1, 0.15) is 6.33 Å². The van der Waals surface area contributed by atoms with Crippen molar-refractivity contribution < 1.29 is 0 Å². The van der Waals surface area contributed by atoms with Crippen molar-refractivity contribution in [2.24, 2.45) is 5.73 Å². The van der Waals surface area contributed by atoms with Crippen LogP contribution in [0.4, 0.5) is 0 Å². The molecule has 0 aliphatic carbocycles. The zero-order chi connectivity index (χ0) is 11.8. The van der Waals surface area contributed by atoms with Gasteiger partial charge in [0, 0.05) is 6.54 Å². The summed E-state index contributed by atoms with van der Waals surface area (Å²) < 4.78 is 1.90. The van der Waals surface area contributed by atoms with Gasteiger partial charge in [-0.15, -0.1) is 0 Å². The van der Waals surface area contributed by atoms with Crippen molar-refractivity contribution in [1.29, 1.82) is 0 Å². The standard InChI is InChI=1S/C12H24N4/c1-3-4-5-6-7-8-9-16-10-14-12(15-16)11(2)13/h10-11H,3-9,13H2,1-2H3. The Balaban J connectivity index is 2.12. The van der Waals surface area contributed by atoms with Crippen LogP contribution >= 0.6 is 0 Å². The molecule has 1 aromatic heterocycles.